The van der Waals surface area contributed by atoms with Gasteiger partial charge in [0.2, 0.25) is 0 Å². The largest absolute Gasteiger partial charge is 0.468 e. The summed E-state index contributed by atoms with van der Waals surface area (Å²) in [6.07, 6.45) is 0.659. The van der Waals surface area contributed by atoms with Crippen LogP contribution in [0.5, 0.6) is 0 Å². The summed E-state index contributed by atoms with van der Waals surface area (Å²) < 4.78 is 31.0. The summed E-state index contributed by atoms with van der Waals surface area (Å²) in [6.45, 7) is 2.10. The molecule has 19 heavy (non-hydrogen) atoms. The number of aliphatic hydroxyl groups is 1. The Balaban J connectivity index is 1.93. The molecular weight excluding hydrogens is 252 g/mol. The van der Waals surface area contributed by atoms with Crippen LogP contribution in [-0.2, 0) is 0 Å². The Bertz CT molecular complexity index is 528. The predicted octanol–water partition coefficient (Wildman–Crippen LogP) is 2.94. The van der Waals surface area contributed by atoms with Crippen molar-refractivity contribution in [1.82, 2.24) is 5.32 Å². The van der Waals surface area contributed by atoms with Crippen molar-refractivity contribution >= 4 is 0 Å². The highest BCUT2D eigenvalue weighted by molar-refractivity contribution is 5.20. The van der Waals surface area contributed by atoms with Crippen molar-refractivity contribution in [2.75, 3.05) is 6.54 Å². The predicted molar refractivity (Wildman–Crippen MR) is 66.4 cm³/mol. The molecule has 2 rings (SSSR count). The molecule has 0 radical (unpaired) electrons. The first-order valence-electron chi connectivity index (χ1n) is 5.97. The summed E-state index contributed by atoms with van der Waals surface area (Å²) in [6, 6.07) is 6.89. The van der Waals surface area contributed by atoms with Gasteiger partial charge >= 0.3 is 0 Å². The molecule has 0 bridgehead atoms. The van der Waals surface area contributed by atoms with Gasteiger partial charge in [0.15, 0.2) is 11.6 Å². The van der Waals surface area contributed by atoms with Crippen LogP contribution in [0.15, 0.2) is 41.0 Å². The minimum absolute atomic E-state index is 0.0741. The quantitative estimate of drug-likeness (QED) is 0.875. The summed E-state index contributed by atoms with van der Waals surface area (Å²) >= 11 is 0. The lowest BCUT2D eigenvalue weighted by Gasteiger charge is -2.16. The molecule has 1 unspecified atom stereocenters. The fourth-order valence-corrected chi connectivity index (χ4v) is 1.76. The topological polar surface area (TPSA) is 45.4 Å². The number of aliphatic hydroxyl groups excluding tert-OH is 1. The van der Waals surface area contributed by atoms with Crippen molar-refractivity contribution in [3.05, 3.63) is 59.6 Å². The van der Waals surface area contributed by atoms with Crippen LogP contribution in [0.1, 0.15) is 30.4 Å². The molecule has 2 N–H and O–H groups in total. The average molecular weight is 267 g/mol. The van der Waals surface area contributed by atoms with Gasteiger partial charge in [-0.05, 0) is 36.8 Å². The van der Waals surface area contributed by atoms with Gasteiger partial charge < -0.3 is 14.8 Å². The van der Waals surface area contributed by atoms with Crippen LogP contribution in [0.4, 0.5) is 8.78 Å². The van der Waals surface area contributed by atoms with E-state index in [0.29, 0.717) is 5.56 Å². The van der Waals surface area contributed by atoms with Gasteiger partial charge in [0.05, 0.1) is 18.4 Å². The molecule has 1 aromatic heterocycles. The Morgan fingerprint density at radius 2 is 2.05 bits per heavy atom. The molecule has 1 heterocycles. The number of halogens is 2. The van der Waals surface area contributed by atoms with Gasteiger partial charge in [0, 0.05) is 6.54 Å². The molecule has 0 amide bonds. The van der Waals surface area contributed by atoms with Crippen molar-refractivity contribution in [2.24, 2.45) is 0 Å². The van der Waals surface area contributed by atoms with E-state index in [2.05, 4.69) is 5.32 Å². The van der Waals surface area contributed by atoms with Gasteiger partial charge in [-0.3, -0.25) is 0 Å². The highest BCUT2D eigenvalue weighted by Crippen LogP contribution is 2.18. The van der Waals surface area contributed by atoms with Crippen molar-refractivity contribution in [3.8, 4) is 0 Å². The number of furan rings is 1. The Kier molecular flexibility index (Phi) is 4.29. The maximum absolute atomic E-state index is 13.0. The second-order valence-corrected chi connectivity index (χ2v) is 4.33. The van der Waals surface area contributed by atoms with E-state index in [9.17, 15) is 13.9 Å². The molecule has 102 valence electrons. The first-order valence-corrected chi connectivity index (χ1v) is 5.97. The first kappa shape index (κ1) is 13.7. The third-order valence-electron chi connectivity index (χ3n) is 2.92. The SMILES string of the molecule is C[C@@H](NCC(O)c1ccc(F)c(F)c1)c1ccco1. The number of nitrogens with one attached hydrogen (secondary N) is 1. The Hall–Kier alpha value is -1.72. The lowest BCUT2D eigenvalue weighted by atomic mass is 10.1. The molecule has 0 saturated carbocycles. The standard InChI is InChI=1S/C14H15F2NO2/c1-9(14-3-2-6-19-14)17-8-13(18)10-4-5-11(15)12(16)7-10/h2-7,9,13,17-18H,8H2,1H3/t9-,13?/m1/s1. The molecule has 0 saturated heterocycles. The van der Waals surface area contributed by atoms with Gasteiger partial charge in [0.25, 0.3) is 0 Å². The molecule has 3 nitrogen and oxygen atoms in total. The Morgan fingerprint density at radius 3 is 2.68 bits per heavy atom. The van der Waals surface area contributed by atoms with E-state index in [1.54, 1.807) is 12.3 Å². The van der Waals surface area contributed by atoms with Gasteiger partial charge in [-0.15, -0.1) is 0 Å². The average Bonchev–Trinajstić information content (AvgIpc) is 2.92. The summed E-state index contributed by atoms with van der Waals surface area (Å²) in [5.74, 6) is -1.14. The Labute approximate surface area is 109 Å². The van der Waals surface area contributed by atoms with Crippen molar-refractivity contribution in [2.45, 2.75) is 19.1 Å². The fraction of sp³-hybridized carbons (Fsp3) is 0.286. The Morgan fingerprint density at radius 1 is 1.26 bits per heavy atom. The van der Waals surface area contributed by atoms with E-state index >= 15 is 0 Å². The maximum Gasteiger partial charge on any atom is 0.159 e. The van der Waals surface area contributed by atoms with E-state index in [-0.39, 0.29) is 12.6 Å². The van der Waals surface area contributed by atoms with E-state index in [4.69, 9.17) is 4.42 Å². The van der Waals surface area contributed by atoms with E-state index in [0.717, 1.165) is 17.9 Å². The third kappa shape index (κ3) is 3.39. The molecule has 0 fully saturated rings. The zero-order valence-electron chi connectivity index (χ0n) is 10.4. The monoisotopic (exact) mass is 267 g/mol. The zero-order chi connectivity index (χ0) is 13.8. The highest BCUT2D eigenvalue weighted by Gasteiger charge is 2.13. The van der Waals surface area contributed by atoms with Gasteiger partial charge in [0.1, 0.15) is 5.76 Å². The molecule has 0 aliphatic carbocycles. The second kappa shape index (κ2) is 5.95. The van der Waals surface area contributed by atoms with Gasteiger partial charge in [-0.25, -0.2) is 8.78 Å². The molecule has 0 aliphatic heterocycles. The van der Waals surface area contributed by atoms with Gasteiger partial charge in [-0.1, -0.05) is 6.07 Å². The normalized spacial score (nSPS) is 14.3. The highest BCUT2D eigenvalue weighted by atomic mass is 19.2. The second-order valence-electron chi connectivity index (χ2n) is 4.33. The van der Waals surface area contributed by atoms with Crippen molar-refractivity contribution in [3.63, 3.8) is 0 Å². The lowest BCUT2D eigenvalue weighted by molar-refractivity contribution is 0.168. The number of hydrogen-bond donors (Lipinski definition) is 2. The van der Waals surface area contributed by atoms with Crippen LogP contribution >= 0.6 is 0 Å². The minimum atomic E-state index is -0.962. The summed E-state index contributed by atoms with van der Waals surface area (Å²) in [7, 11) is 0. The van der Waals surface area contributed by atoms with Crippen LogP contribution in [-0.4, -0.2) is 11.7 Å². The van der Waals surface area contributed by atoms with E-state index < -0.39 is 17.7 Å². The summed E-state index contributed by atoms with van der Waals surface area (Å²) in [4.78, 5) is 0. The van der Waals surface area contributed by atoms with Crippen molar-refractivity contribution in [1.29, 1.82) is 0 Å². The molecule has 0 spiro atoms. The van der Waals surface area contributed by atoms with Crippen LogP contribution in [0.25, 0.3) is 0 Å². The molecule has 2 aromatic rings. The first-order chi connectivity index (χ1) is 9.08. The minimum Gasteiger partial charge on any atom is -0.468 e. The molecule has 5 heteroatoms. The van der Waals surface area contributed by atoms with E-state index in [1.165, 1.54) is 6.07 Å². The number of benzene rings is 1. The molecule has 0 aliphatic rings. The molecular formula is C14H15F2NO2. The molecule has 2 atom stereocenters. The smallest absolute Gasteiger partial charge is 0.159 e. The maximum atomic E-state index is 13.0. The number of rotatable bonds is 5. The zero-order valence-corrected chi connectivity index (χ0v) is 10.4. The fourth-order valence-electron chi connectivity index (χ4n) is 1.76. The van der Waals surface area contributed by atoms with E-state index in [1.807, 2.05) is 13.0 Å². The van der Waals surface area contributed by atoms with Gasteiger partial charge in [-0.2, -0.15) is 0 Å². The van der Waals surface area contributed by atoms with Crippen LogP contribution in [0, 0.1) is 11.6 Å². The molecule has 1 aromatic carbocycles. The van der Waals surface area contributed by atoms with Crippen LogP contribution < -0.4 is 5.32 Å². The lowest BCUT2D eigenvalue weighted by Crippen LogP contribution is -2.24. The van der Waals surface area contributed by atoms with Crippen molar-refractivity contribution < 1.29 is 18.3 Å². The summed E-state index contributed by atoms with van der Waals surface area (Å²) in [5.41, 5.74) is 0.332. The van der Waals surface area contributed by atoms with Crippen LogP contribution in [0.3, 0.4) is 0 Å². The number of hydrogen-bond acceptors (Lipinski definition) is 3. The summed E-state index contributed by atoms with van der Waals surface area (Å²) in [5, 5.41) is 13.0. The third-order valence-corrected chi connectivity index (χ3v) is 2.92. The van der Waals surface area contributed by atoms with Crippen LogP contribution in [0.2, 0.25) is 0 Å².